The first kappa shape index (κ1) is 15.2. The molecule has 0 aliphatic carbocycles. The van der Waals surface area contributed by atoms with Crippen LogP contribution < -0.4 is 5.56 Å². The SMILES string of the molecule is Cc1cn2cc(-n3c(=O)c4ccccc4c4nc5ccccn5c43)ccc2n1. The molecule has 1 aromatic carbocycles. The second-order valence-electron chi connectivity index (χ2n) is 6.93. The van der Waals surface area contributed by atoms with Crippen molar-refractivity contribution in [2.45, 2.75) is 6.92 Å². The number of pyridine rings is 3. The lowest BCUT2D eigenvalue weighted by Crippen LogP contribution is -2.20. The Morgan fingerprint density at radius 2 is 1.64 bits per heavy atom. The first-order valence-corrected chi connectivity index (χ1v) is 9.07. The summed E-state index contributed by atoms with van der Waals surface area (Å²) in [5.74, 6) is 0. The molecular formula is C22H15N5O. The molecular weight excluding hydrogens is 350 g/mol. The fourth-order valence-electron chi connectivity index (χ4n) is 3.95. The molecule has 0 unspecified atom stereocenters. The van der Waals surface area contributed by atoms with Gasteiger partial charge < -0.3 is 4.40 Å². The summed E-state index contributed by atoms with van der Waals surface area (Å²) in [5.41, 5.74) is 4.87. The number of benzene rings is 1. The standard InChI is InChI=1S/C22H15N5O/c1-14-12-25-13-15(9-10-18(25)23-14)27-21-20(24-19-8-4-5-11-26(19)21)16-6-2-3-7-17(16)22(27)28/h2-13H,1H3. The molecule has 0 aliphatic rings. The van der Waals surface area contributed by atoms with Gasteiger partial charge >= 0.3 is 0 Å². The lowest BCUT2D eigenvalue weighted by molar-refractivity contribution is 0.991. The second-order valence-corrected chi connectivity index (χ2v) is 6.93. The van der Waals surface area contributed by atoms with Crippen LogP contribution in [0.2, 0.25) is 0 Å². The Labute approximate surface area is 158 Å². The van der Waals surface area contributed by atoms with Crippen LogP contribution in [-0.2, 0) is 0 Å². The molecule has 28 heavy (non-hydrogen) atoms. The average Bonchev–Trinajstić information content (AvgIpc) is 3.28. The van der Waals surface area contributed by atoms with Crippen LogP contribution in [0.5, 0.6) is 0 Å². The molecule has 134 valence electrons. The molecule has 0 N–H and O–H groups in total. The zero-order valence-corrected chi connectivity index (χ0v) is 15.1. The van der Waals surface area contributed by atoms with Crippen molar-refractivity contribution in [2.24, 2.45) is 0 Å². The molecule has 0 bridgehead atoms. The third kappa shape index (κ3) is 1.94. The second kappa shape index (κ2) is 5.29. The number of hydrogen-bond acceptors (Lipinski definition) is 3. The van der Waals surface area contributed by atoms with E-state index in [1.54, 1.807) is 4.57 Å². The summed E-state index contributed by atoms with van der Waals surface area (Å²) in [6, 6.07) is 17.3. The zero-order chi connectivity index (χ0) is 18.8. The van der Waals surface area contributed by atoms with Crippen molar-refractivity contribution in [2.75, 3.05) is 0 Å². The van der Waals surface area contributed by atoms with Crippen LogP contribution in [-0.4, -0.2) is 23.3 Å². The molecule has 5 heterocycles. The van der Waals surface area contributed by atoms with Crippen molar-refractivity contribution >= 4 is 33.2 Å². The maximum Gasteiger partial charge on any atom is 0.264 e. The van der Waals surface area contributed by atoms with E-state index in [-0.39, 0.29) is 5.56 Å². The number of fused-ring (bicyclic) bond motifs is 6. The number of hydrogen-bond donors (Lipinski definition) is 0. The van der Waals surface area contributed by atoms with E-state index in [1.165, 1.54) is 0 Å². The summed E-state index contributed by atoms with van der Waals surface area (Å²) in [4.78, 5) is 22.8. The van der Waals surface area contributed by atoms with Crippen LogP contribution in [0.25, 0.3) is 38.9 Å². The molecule has 6 heteroatoms. The lowest BCUT2D eigenvalue weighted by atomic mass is 10.1. The highest BCUT2D eigenvalue weighted by atomic mass is 16.1. The first-order valence-electron chi connectivity index (χ1n) is 9.07. The molecule has 0 atom stereocenters. The van der Waals surface area contributed by atoms with Gasteiger partial charge in [-0.15, -0.1) is 0 Å². The topological polar surface area (TPSA) is 56.6 Å². The molecule has 0 saturated carbocycles. The van der Waals surface area contributed by atoms with Crippen molar-refractivity contribution < 1.29 is 0 Å². The molecule has 0 amide bonds. The van der Waals surface area contributed by atoms with Gasteiger partial charge in [0.2, 0.25) is 0 Å². The van der Waals surface area contributed by atoms with Crippen LogP contribution in [0.4, 0.5) is 0 Å². The maximum atomic E-state index is 13.5. The third-order valence-corrected chi connectivity index (χ3v) is 5.15. The minimum Gasteiger partial charge on any atom is -0.305 e. The highest BCUT2D eigenvalue weighted by molar-refractivity contribution is 6.04. The van der Waals surface area contributed by atoms with Gasteiger partial charge in [0.25, 0.3) is 5.56 Å². The summed E-state index contributed by atoms with van der Waals surface area (Å²) in [5, 5.41) is 1.52. The summed E-state index contributed by atoms with van der Waals surface area (Å²) < 4.78 is 5.65. The van der Waals surface area contributed by atoms with E-state index in [9.17, 15) is 4.79 Å². The quantitative estimate of drug-likeness (QED) is 0.446. The number of aryl methyl sites for hydroxylation is 1. The molecule has 0 saturated heterocycles. The maximum absolute atomic E-state index is 13.5. The predicted octanol–water partition coefficient (Wildman–Crippen LogP) is 3.75. The van der Waals surface area contributed by atoms with Gasteiger partial charge in [-0.05, 0) is 37.3 Å². The molecule has 0 spiro atoms. The molecule has 5 aromatic heterocycles. The normalized spacial score (nSPS) is 11.9. The van der Waals surface area contributed by atoms with E-state index in [0.29, 0.717) is 5.39 Å². The van der Waals surface area contributed by atoms with E-state index in [1.807, 2.05) is 88.9 Å². The molecule has 6 aromatic rings. The van der Waals surface area contributed by atoms with E-state index >= 15 is 0 Å². The van der Waals surface area contributed by atoms with Crippen molar-refractivity contribution in [1.82, 2.24) is 23.3 Å². The van der Waals surface area contributed by atoms with E-state index in [2.05, 4.69) is 4.98 Å². The first-order chi connectivity index (χ1) is 13.7. The van der Waals surface area contributed by atoms with Crippen molar-refractivity contribution in [1.29, 1.82) is 0 Å². The van der Waals surface area contributed by atoms with Crippen LogP contribution in [0.15, 0.2) is 78.0 Å². The van der Waals surface area contributed by atoms with Crippen molar-refractivity contribution in [3.63, 3.8) is 0 Å². The Morgan fingerprint density at radius 1 is 0.821 bits per heavy atom. The number of rotatable bonds is 1. The minimum atomic E-state index is -0.0649. The van der Waals surface area contributed by atoms with Crippen molar-refractivity contribution in [3.05, 3.63) is 89.2 Å². The Balaban J connectivity index is 1.86. The van der Waals surface area contributed by atoms with E-state index in [0.717, 1.165) is 39.2 Å². The van der Waals surface area contributed by atoms with Gasteiger partial charge in [-0.1, -0.05) is 24.3 Å². The van der Waals surface area contributed by atoms with Gasteiger partial charge in [-0.25, -0.2) is 9.97 Å². The van der Waals surface area contributed by atoms with E-state index in [4.69, 9.17) is 4.98 Å². The fraction of sp³-hybridized carbons (Fsp3) is 0.0455. The lowest BCUT2D eigenvalue weighted by Gasteiger charge is -2.11. The monoisotopic (exact) mass is 365 g/mol. The largest absolute Gasteiger partial charge is 0.305 e. The smallest absolute Gasteiger partial charge is 0.264 e. The third-order valence-electron chi connectivity index (χ3n) is 5.15. The summed E-state index contributed by atoms with van der Waals surface area (Å²) >= 11 is 0. The summed E-state index contributed by atoms with van der Waals surface area (Å²) in [7, 11) is 0. The molecule has 6 nitrogen and oxygen atoms in total. The van der Waals surface area contributed by atoms with Crippen LogP contribution in [0.1, 0.15) is 5.69 Å². The molecule has 0 aliphatic heterocycles. The minimum absolute atomic E-state index is 0.0649. The number of nitrogens with zero attached hydrogens (tertiary/aromatic N) is 5. The molecule has 6 rings (SSSR count). The Morgan fingerprint density at radius 3 is 2.54 bits per heavy atom. The summed E-state index contributed by atoms with van der Waals surface area (Å²) in [6.07, 6.45) is 5.83. The average molecular weight is 365 g/mol. The van der Waals surface area contributed by atoms with Crippen LogP contribution in [0, 0.1) is 6.92 Å². The summed E-state index contributed by atoms with van der Waals surface area (Å²) in [6.45, 7) is 1.96. The van der Waals surface area contributed by atoms with E-state index < -0.39 is 0 Å². The highest BCUT2D eigenvalue weighted by Gasteiger charge is 2.17. The van der Waals surface area contributed by atoms with Gasteiger partial charge in [0.1, 0.15) is 16.8 Å². The fourth-order valence-corrected chi connectivity index (χ4v) is 3.95. The Hall–Kier alpha value is -3.93. The highest BCUT2D eigenvalue weighted by Crippen LogP contribution is 2.26. The Kier molecular flexibility index (Phi) is 2.87. The molecule has 0 fully saturated rings. The molecule has 0 radical (unpaired) electrons. The van der Waals surface area contributed by atoms with Gasteiger partial charge in [-0.2, -0.15) is 0 Å². The van der Waals surface area contributed by atoms with Gasteiger partial charge in [-0.3, -0.25) is 13.8 Å². The number of aromatic nitrogens is 5. The Bertz CT molecular complexity index is 1600. The predicted molar refractivity (Wildman–Crippen MR) is 109 cm³/mol. The van der Waals surface area contributed by atoms with Crippen LogP contribution >= 0.6 is 0 Å². The van der Waals surface area contributed by atoms with Gasteiger partial charge in [0.05, 0.1) is 11.4 Å². The number of imidazole rings is 2. The van der Waals surface area contributed by atoms with Gasteiger partial charge in [0, 0.05) is 29.4 Å². The van der Waals surface area contributed by atoms with Gasteiger partial charge in [0.15, 0.2) is 5.65 Å². The zero-order valence-electron chi connectivity index (χ0n) is 15.1. The van der Waals surface area contributed by atoms with Crippen LogP contribution in [0.3, 0.4) is 0 Å². The van der Waals surface area contributed by atoms with Crippen molar-refractivity contribution in [3.8, 4) is 5.69 Å².